The largest absolute Gasteiger partial charge is 0.399 e. The number of halogens is 3. The van der Waals surface area contributed by atoms with E-state index in [0.717, 1.165) is 15.7 Å². The summed E-state index contributed by atoms with van der Waals surface area (Å²) in [5, 5.41) is 12.9. The standard InChI is InChI=1S/C13H8BrCl2N5/c14-11-6-8(15)1-2-12(11)21-13(18-19-20-21)7-3-9(16)5-10(17)4-7/h1-6H,17H2. The summed E-state index contributed by atoms with van der Waals surface area (Å²) in [7, 11) is 0. The lowest BCUT2D eigenvalue weighted by molar-refractivity contribution is 0.789. The average Bonchev–Trinajstić information content (AvgIpc) is 2.86. The number of nitrogens with two attached hydrogens (primary N) is 1. The number of nitrogens with zero attached hydrogens (tertiary/aromatic N) is 4. The third kappa shape index (κ3) is 2.88. The fraction of sp³-hybridized carbons (Fsp3) is 0. The summed E-state index contributed by atoms with van der Waals surface area (Å²) in [6.07, 6.45) is 0. The highest BCUT2D eigenvalue weighted by Crippen LogP contribution is 2.29. The van der Waals surface area contributed by atoms with Gasteiger partial charge in [-0.05, 0) is 62.8 Å². The molecule has 5 nitrogen and oxygen atoms in total. The Kier molecular flexibility index (Phi) is 3.84. The number of tetrazole rings is 1. The maximum atomic E-state index is 6.03. The van der Waals surface area contributed by atoms with Gasteiger partial charge in [-0.3, -0.25) is 0 Å². The van der Waals surface area contributed by atoms with E-state index >= 15 is 0 Å². The van der Waals surface area contributed by atoms with Crippen molar-refractivity contribution in [3.8, 4) is 17.1 Å². The van der Waals surface area contributed by atoms with Crippen molar-refractivity contribution in [3.05, 3.63) is 50.9 Å². The van der Waals surface area contributed by atoms with Crippen molar-refractivity contribution in [1.29, 1.82) is 0 Å². The fourth-order valence-corrected chi connectivity index (χ4v) is 3.02. The Hall–Kier alpha value is -1.63. The fourth-order valence-electron chi connectivity index (χ4n) is 1.92. The van der Waals surface area contributed by atoms with Gasteiger partial charge in [-0.15, -0.1) is 5.10 Å². The number of anilines is 1. The maximum Gasteiger partial charge on any atom is 0.187 e. The van der Waals surface area contributed by atoms with Gasteiger partial charge >= 0.3 is 0 Å². The second-order valence-corrected chi connectivity index (χ2v) is 6.01. The van der Waals surface area contributed by atoms with Crippen LogP contribution in [0.1, 0.15) is 0 Å². The van der Waals surface area contributed by atoms with Crippen molar-refractivity contribution in [2.45, 2.75) is 0 Å². The van der Waals surface area contributed by atoms with Crippen molar-refractivity contribution in [2.24, 2.45) is 0 Å². The van der Waals surface area contributed by atoms with Crippen LogP contribution in [0.2, 0.25) is 10.0 Å². The zero-order chi connectivity index (χ0) is 15.0. The van der Waals surface area contributed by atoms with Crippen molar-refractivity contribution in [3.63, 3.8) is 0 Å². The molecule has 0 unspecified atom stereocenters. The smallest absolute Gasteiger partial charge is 0.187 e. The number of nitrogen functional groups attached to an aromatic ring is 1. The van der Waals surface area contributed by atoms with Gasteiger partial charge in [0.15, 0.2) is 5.82 Å². The third-order valence-corrected chi connectivity index (χ3v) is 3.87. The van der Waals surface area contributed by atoms with Crippen LogP contribution in [-0.4, -0.2) is 20.2 Å². The summed E-state index contributed by atoms with van der Waals surface area (Å²) in [5.41, 5.74) is 7.85. The van der Waals surface area contributed by atoms with Crippen LogP contribution in [0.25, 0.3) is 17.1 Å². The van der Waals surface area contributed by atoms with Gasteiger partial charge in [-0.2, -0.15) is 4.68 Å². The molecule has 0 atom stereocenters. The lowest BCUT2D eigenvalue weighted by Gasteiger charge is -2.08. The summed E-state index contributed by atoms with van der Waals surface area (Å²) in [4.78, 5) is 0. The minimum Gasteiger partial charge on any atom is -0.399 e. The molecule has 1 heterocycles. The summed E-state index contributed by atoms with van der Waals surface area (Å²) >= 11 is 15.4. The van der Waals surface area contributed by atoms with Crippen LogP contribution >= 0.6 is 39.1 Å². The molecule has 0 fully saturated rings. The molecular formula is C13H8BrCl2N5. The van der Waals surface area contributed by atoms with Gasteiger partial charge in [-0.25, -0.2) is 0 Å². The number of hydrogen-bond donors (Lipinski definition) is 1. The van der Waals surface area contributed by atoms with Gasteiger partial charge in [0.2, 0.25) is 0 Å². The summed E-state index contributed by atoms with van der Waals surface area (Å²) in [6.45, 7) is 0. The van der Waals surface area contributed by atoms with Gasteiger partial charge in [0.05, 0.1) is 5.69 Å². The van der Waals surface area contributed by atoms with Crippen molar-refractivity contribution in [2.75, 3.05) is 5.73 Å². The monoisotopic (exact) mass is 383 g/mol. The van der Waals surface area contributed by atoms with Crippen molar-refractivity contribution < 1.29 is 0 Å². The molecule has 8 heteroatoms. The second-order valence-electron chi connectivity index (χ2n) is 4.28. The van der Waals surface area contributed by atoms with Gasteiger partial charge < -0.3 is 5.73 Å². The summed E-state index contributed by atoms with van der Waals surface area (Å²) < 4.78 is 2.37. The molecule has 0 saturated heterocycles. The predicted octanol–water partition coefficient (Wildman–Crippen LogP) is 3.98. The van der Waals surface area contributed by atoms with Gasteiger partial charge in [-0.1, -0.05) is 23.2 Å². The molecule has 0 radical (unpaired) electrons. The Morgan fingerprint density at radius 3 is 2.57 bits per heavy atom. The highest BCUT2D eigenvalue weighted by Gasteiger charge is 2.14. The van der Waals surface area contributed by atoms with Crippen molar-refractivity contribution >= 4 is 44.8 Å². The van der Waals surface area contributed by atoms with Crippen LogP contribution < -0.4 is 5.73 Å². The third-order valence-electron chi connectivity index (χ3n) is 2.79. The van der Waals surface area contributed by atoms with E-state index in [0.29, 0.717) is 21.6 Å². The van der Waals surface area contributed by atoms with E-state index in [1.165, 1.54) is 0 Å². The highest BCUT2D eigenvalue weighted by molar-refractivity contribution is 9.10. The molecule has 21 heavy (non-hydrogen) atoms. The first kappa shape index (κ1) is 14.3. The number of benzene rings is 2. The van der Waals surface area contributed by atoms with E-state index in [9.17, 15) is 0 Å². The van der Waals surface area contributed by atoms with Crippen LogP contribution in [-0.2, 0) is 0 Å². The summed E-state index contributed by atoms with van der Waals surface area (Å²) in [5.74, 6) is 0.534. The molecule has 1 aromatic heterocycles. The van der Waals surface area contributed by atoms with Crippen molar-refractivity contribution in [1.82, 2.24) is 20.2 Å². The average molecular weight is 385 g/mol. The van der Waals surface area contributed by atoms with Crippen LogP contribution in [0.5, 0.6) is 0 Å². The van der Waals surface area contributed by atoms with E-state index < -0.39 is 0 Å². The molecule has 0 saturated carbocycles. The molecule has 3 aromatic rings. The Balaban J connectivity index is 2.17. The molecule has 0 spiro atoms. The molecule has 2 N–H and O–H groups in total. The van der Waals surface area contributed by atoms with E-state index in [2.05, 4.69) is 31.5 Å². The first-order valence-electron chi connectivity index (χ1n) is 5.85. The van der Waals surface area contributed by atoms with Crippen LogP contribution in [0, 0.1) is 0 Å². The van der Waals surface area contributed by atoms with Gasteiger partial charge in [0, 0.05) is 25.8 Å². The van der Waals surface area contributed by atoms with Crippen LogP contribution in [0.15, 0.2) is 40.9 Å². The molecular weight excluding hydrogens is 377 g/mol. The maximum absolute atomic E-state index is 6.03. The van der Waals surface area contributed by atoms with E-state index in [1.807, 2.05) is 6.07 Å². The second kappa shape index (κ2) is 5.63. The first-order valence-corrected chi connectivity index (χ1v) is 7.40. The van der Waals surface area contributed by atoms with E-state index in [-0.39, 0.29) is 0 Å². The molecule has 0 amide bonds. The Labute approximate surface area is 138 Å². The Morgan fingerprint density at radius 2 is 1.86 bits per heavy atom. The molecule has 0 aliphatic carbocycles. The normalized spacial score (nSPS) is 10.8. The molecule has 106 valence electrons. The number of aromatic nitrogens is 4. The van der Waals surface area contributed by atoms with E-state index in [1.54, 1.807) is 35.0 Å². The minimum atomic E-state index is 0.523. The summed E-state index contributed by atoms with van der Waals surface area (Å²) in [6, 6.07) is 10.5. The first-order chi connectivity index (χ1) is 10.0. The molecule has 0 aliphatic heterocycles. The minimum absolute atomic E-state index is 0.523. The zero-order valence-electron chi connectivity index (χ0n) is 10.5. The molecule has 2 aromatic carbocycles. The van der Waals surface area contributed by atoms with E-state index in [4.69, 9.17) is 28.9 Å². The molecule has 3 rings (SSSR count). The zero-order valence-corrected chi connectivity index (χ0v) is 13.6. The Morgan fingerprint density at radius 1 is 1.05 bits per heavy atom. The topological polar surface area (TPSA) is 69.6 Å². The Bertz CT molecular complexity index is 798. The quantitative estimate of drug-likeness (QED) is 0.678. The lowest BCUT2D eigenvalue weighted by atomic mass is 10.2. The number of rotatable bonds is 2. The lowest BCUT2D eigenvalue weighted by Crippen LogP contribution is -2.01. The molecule has 0 aliphatic rings. The molecule has 0 bridgehead atoms. The number of hydrogen-bond acceptors (Lipinski definition) is 4. The SMILES string of the molecule is Nc1cc(Cl)cc(-c2nnnn2-c2ccc(Cl)cc2Br)c1. The van der Waals surface area contributed by atoms with Gasteiger partial charge in [0.25, 0.3) is 0 Å². The van der Waals surface area contributed by atoms with Crippen LogP contribution in [0.3, 0.4) is 0 Å². The predicted molar refractivity (Wildman–Crippen MR) is 86.7 cm³/mol. The van der Waals surface area contributed by atoms with Crippen LogP contribution in [0.4, 0.5) is 5.69 Å². The highest BCUT2D eigenvalue weighted by atomic mass is 79.9. The van der Waals surface area contributed by atoms with Gasteiger partial charge in [0.1, 0.15) is 0 Å².